The quantitative estimate of drug-likeness (QED) is 0.423. The van der Waals surface area contributed by atoms with Crippen LogP contribution in [0.25, 0.3) is 0 Å². The van der Waals surface area contributed by atoms with Crippen LogP contribution in [-0.4, -0.2) is 11.9 Å². The molecule has 0 atom stereocenters. The van der Waals surface area contributed by atoms with E-state index in [1.165, 1.54) is 0 Å². The topological polar surface area (TPSA) is 32.6 Å². The van der Waals surface area contributed by atoms with E-state index in [0.29, 0.717) is 0 Å². The van der Waals surface area contributed by atoms with E-state index in [4.69, 9.17) is 4.89 Å². The third-order valence-corrected chi connectivity index (χ3v) is 0.268. The maximum absolute atomic E-state index is 7.68. The van der Waals surface area contributed by atoms with Gasteiger partial charge in [0.15, 0.2) is 8.60 Å². The van der Waals surface area contributed by atoms with E-state index in [2.05, 4.69) is 4.74 Å². The van der Waals surface area contributed by atoms with E-state index in [9.17, 15) is 0 Å². The molecule has 24 valence electrons. The van der Waals surface area contributed by atoms with E-state index in [-0.39, 0.29) is 8.60 Å². The average Bonchev–Trinajstić information content (AvgIpc) is 1.37. The van der Waals surface area contributed by atoms with Crippen LogP contribution < -0.4 is 0 Å². The van der Waals surface area contributed by atoms with E-state index in [1.54, 1.807) is 7.05 Å². The zero-order chi connectivity index (χ0) is 3.41. The molecular weight excluding hydrogens is 73.0 g/mol. The summed E-state index contributed by atoms with van der Waals surface area (Å²) in [5, 5.41) is 0. The van der Waals surface area contributed by atoms with Crippen LogP contribution in [-0.2, 0) is 0 Å². The standard InChI is InChI=1S/CH4NOP/c1-2-4-3/h1H3,(H,2,3). The highest BCUT2D eigenvalue weighted by Crippen LogP contribution is 1.79. The number of hydrogen-bond acceptors (Lipinski definition) is 1. The highest BCUT2D eigenvalue weighted by molar-refractivity contribution is 7.19. The van der Waals surface area contributed by atoms with Crippen molar-refractivity contribution in [1.82, 2.24) is 0 Å². The summed E-state index contributed by atoms with van der Waals surface area (Å²) >= 11 is 0. The molecule has 0 aliphatic carbocycles. The summed E-state index contributed by atoms with van der Waals surface area (Å²) in [5.74, 6) is 0. The molecule has 0 rings (SSSR count). The Kier molecular flexibility index (Phi) is 3.11. The van der Waals surface area contributed by atoms with Gasteiger partial charge in [-0.3, -0.25) is 0 Å². The lowest BCUT2D eigenvalue weighted by Gasteiger charge is -1.50. The van der Waals surface area contributed by atoms with Crippen LogP contribution in [0.2, 0.25) is 0 Å². The van der Waals surface area contributed by atoms with Gasteiger partial charge in [0.05, 0.1) is 0 Å². The Morgan fingerprint density at radius 3 is 2.25 bits per heavy atom. The molecule has 0 unspecified atom stereocenters. The Bertz CT molecular complexity index is 23.2. The first-order valence-corrected chi connectivity index (χ1v) is 1.65. The van der Waals surface area contributed by atoms with Crippen molar-refractivity contribution in [3.8, 4) is 0 Å². The van der Waals surface area contributed by atoms with Crippen LogP contribution in [0.5, 0.6) is 0 Å². The second-order valence-electron chi connectivity index (χ2n) is 0.289. The van der Waals surface area contributed by atoms with Gasteiger partial charge in [0.1, 0.15) is 0 Å². The molecule has 0 aromatic rings. The largest absolute Gasteiger partial charge is 0.327 e. The lowest BCUT2D eigenvalue weighted by Crippen LogP contribution is -1.25. The predicted octanol–water partition coefficient (Wildman–Crippen LogP) is 0.653. The molecule has 0 saturated heterocycles. The minimum atomic E-state index is 0.123. The first-order valence-electron chi connectivity index (χ1n) is 0.847. The second kappa shape index (κ2) is 3.06. The molecule has 0 heterocycles. The summed E-state index contributed by atoms with van der Waals surface area (Å²) in [4.78, 5) is 7.68. The summed E-state index contributed by atoms with van der Waals surface area (Å²) in [7, 11) is 1.67. The predicted molar refractivity (Wildman–Crippen MR) is 17.5 cm³/mol. The Morgan fingerprint density at radius 2 is 2.25 bits per heavy atom. The maximum Gasteiger partial charge on any atom is 0.168 e. The molecule has 1 N–H and O–H groups in total. The van der Waals surface area contributed by atoms with Crippen molar-refractivity contribution in [2.24, 2.45) is 4.74 Å². The molecule has 0 aliphatic heterocycles. The first-order chi connectivity index (χ1) is 1.91. The van der Waals surface area contributed by atoms with Gasteiger partial charge in [-0.1, -0.05) is 0 Å². The number of nitrogens with zero attached hydrogens (tertiary/aromatic N) is 1. The third kappa shape index (κ3) is 2.06. The Balaban J connectivity index is 2.55. The molecule has 0 saturated carbocycles. The highest BCUT2D eigenvalue weighted by Gasteiger charge is 1.36. The molecular formula is CH4NOP. The van der Waals surface area contributed by atoms with Crippen molar-refractivity contribution in [2.75, 3.05) is 7.05 Å². The van der Waals surface area contributed by atoms with Crippen LogP contribution in [0, 0.1) is 0 Å². The fourth-order valence-corrected chi connectivity index (χ4v) is 0. The minimum Gasteiger partial charge on any atom is -0.327 e. The minimum absolute atomic E-state index is 0.123. The molecule has 0 aromatic carbocycles. The van der Waals surface area contributed by atoms with Gasteiger partial charge in [-0.25, -0.2) is 4.74 Å². The van der Waals surface area contributed by atoms with Gasteiger partial charge in [-0.05, 0) is 0 Å². The van der Waals surface area contributed by atoms with Gasteiger partial charge < -0.3 is 4.89 Å². The smallest absolute Gasteiger partial charge is 0.168 e. The van der Waals surface area contributed by atoms with Crippen molar-refractivity contribution in [2.45, 2.75) is 0 Å². The molecule has 0 spiro atoms. The van der Waals surface area contributed by atoms with Crippen molar-refractivity contribution in [3.05, 3.63) is 0 Å². The SMILES string of the molecule is CN=PO. The number of rotatable bonds is 0. The van der Waals surface area contributed by atoms with E-state index < -0.39 is 0 Å². The van der Waals surface area contributed by atoms with Crippen molar-refractivity contribution in [3.63, 3.8) is 0 Å². The van der Waals surface area contributed by atoms with E-state index in [0.717, 1.165) is 0 Å². The summed E-state index contributed by atoms with van der Waals surface area (Å²) < 4.78 is 3.26. The van der Waals surface area contributed by atoms with Crippen LogP contribution in [0.4, 0.5) is 0 Å². The maximum atomic E-state index is 7.68. The molecule has 0 amide bonds. The Morgan fingerprint density at radius 1 is 2.00 bits per heavy atom. The van der Waals surface area contributed by atoms with Gasteiger partial charge in [0.25, 0.3) is 0 Å². The monoisotopic (exact) mass is 77.0 g/mol. The van der Waals surface area contributed by atoms with Crippen LogP contribution >= 0.6 is 8.60 Å². The fraction of sp³-hybridized carbons (Fsp3) is 1.00. The van der Waals surface area contributed by atoms with Gasteiger partial charge in [-0.2, -0.15) is 0 Å². The van der Waals surface area contributed by atoms with E-state index >= 15 is 0 Å². The van der Waals surface area contributed by atoms with Crippen LogP contribution in [0.3, 0.4) is 0 Å². The fourth-order valence-electron chi connectivity index (χ4n) is 0. The summed E-state index contributed by atoms with van der Waals surface area (Å²) in [5.41, 5.74) is 0. The second-order valence-corrected chi connectivity index (χ2v) is 0.868. The molecule has 0 aromatic heterocycles. The molecule has 4 heavy (non-hydrogen) atoms. The lowest BCUT2D eigenvalue weighted by molar-refractivity contribution is 0.654. The van der Waals surface area contributed by atoms with Gasteiger partial charge in [-0.15, -0.1) is 0 Å². The van der Waals surface area contributed by atoms with Crippen molar-refractivity contribution < 1.29 is 4.89 Å². The highest BCUT2D eigenvalue weighted by atomic mass is 31.1. The molecule has 0 aliphatic rings. The first kappa shape index (κ1) is 4.06. The van der Waals surface area contributed by atoms with Crippen molar-refractivity contribution in [1.29, 1.82) is 0 Å². The molecule has 2 nitrogen and oxygen atoms in total. The van der Waals surface area contributed by atoms with Crippen LogP contribution in [0.15, 0.2) is 4.74 Å². The normalized spacial score (nSPS) is 9.50. The van der Waals surface area contributed by atoms with Crippen LogP contribution in [0.1, 0.15) is 0 Å². The Labute approximate surface area is 26.4 Å². The molecule has 0 radical (unpaired) electrons. The molecule has 0 bridgehead atoms. The lowest BCUT2D eigenvalue weighted by atomic mass is 11.6. The molecule has 0 fully saturated rings. The molecule has 3 heteroatoms. The van der Waals surface area contributed by atoms with E-state index in [1.807, 2.05) is 0 Å². The zero-order valence-corrected chi connectivity index (χ0v) is 3.24. The zero-order valence-electron chi connectivity index (χ0n) is 2.34. The average molecular weight is 77.0 g/mol. The summed E-state index contributed by atoms with van der Waals surface area (Å²) in [6, 6.07) is 0. The number of hydrogen-bond donors (Lipinski definition) is 1. The summed E-state index contributed by atoms with van der Waals surface area (Å²) in [6.07, 6.45) is 0. The van der Waals surface area contributed by atoms with Gasteiger partial charge >= 0.3 is 0 Å². The Hall–Kier alpha value is 0.0600. The van der Waals surface area contributed by atoms with Gasteiger partial charge in [0, 0.05) is 7.05 Å². The summed E-state index contributed by atoms with van der Waals surface area (Å²) in [6.45, 7) is 0. The third-order valence-electron chi connectivity index (χ3n) is 0.0894. The van der Waals surface area contributed by atoms with Gasteiger partial charge in [0.2, 0.25) is 0 Å². The van der Waals surface area contributed by atoms with Crippen molar-refractivity contribution >= 4 is 8.60 Å².